The maximum Gasteiger partial charge on any atom is 0.00804 e. The Kier molecular flexibility index (Phi) is 5.18. The van der Waals surface area contributed by atoms with Crippen LogP contribution in [0.2, 0.25) is 0 Å². The molecule has 0 bridgehead atoms. The highest BCUT2D eigenvalue weighted by molar-refractivity contribution is 7.99. The second-order valence-corrected chi connectivity index (χ2v) is 5.36. The molecule has 1 aliphatic rings. The second kappa shape index (κ2) is 5.92. The van der Waals surface area contributed by atoms with Crippen LogP contribution < -0.4 is 5.32 Å². The van der Waals surface area contributed by atoms with Gasteiger partial charge >= 0.3 is 0 Å². The molecule has 0 saturated heterocycles. The van der Waals surface area contributed by atoms with Crippen molar-refractivity contribution < 1.29 is 0 Å². The molecule has 0 spiro atoms. The molecule has 1 aliphatic carbocycles. The standard InChI is InChI=1S/C11H23NS/c1-4-5-9(2)12-10-6-7-11(8-10)13-3/h9-12H,4-8H2,1-3H3. The molecular formula is C11H23NS. The van der Waals surface area contributed by atoms with Gasteiger partial charge in [-0.1, -0.05) is 13.3 Å². The summed E-state index contributed by atoms with van der Waals surface area (Å²) in [4.78, 5) is 0. The van der Waals surface area contributed by atoms with Crippen molar-refractivity contribution in [1.29, 1.82) is 0 Å². The number of hydrogen-bond donors (Lipinski definition) is 1. The lowest BCUT2D eigenvalue weighted by atomic mass is 10.1. The Morgan fingerprint density at radius 1 is 1.46 bits per heavy atom. The van der Waals surface area contributed by atoms with Gasteiger partial charge in [0.15, 0.2) is 0 Å². The topological polar surface area (TPSA) is 12.0 Å². The quantitative estimate of drug-likeness (QED) is 0.734. The third-order valence-electron chi connectivity index (χ3n) is 2.96. The van der Waals surface area contributed by atoms with Crippen molar-refractivity contribution >= 4 is 11.8 Å². The lowest BCUT2D eigenvalue weighted by Gasteiger charge is -2.18. The van der Waals surface area contributed by atoms with E-state index in [1.165, 1.54) is 32.1 Å². The van der Waals surface area contributed by atoms with Gasteiger partial charge in [0.2, 0.25) is 0 Å². The molecule has 0 aromatic rings. The minimum Gasteiger partial charge on any atom is -0.311 e. The summed E-state index contributed by atoms with van der Waals surface area (Å²) in [7, 11) is 0. The molecular weight excluding hydrogens is 178 g/mol. The van der Waals surface area contributed by atoms with Crippen molar-refractivity contribution in [2.24, 2.45) is 0 Å². The summed E-state index contributed by atoms with van der Waals surface area (Å²) in [6, 6.07) is 1.52. The first-order valence-electron chi connectivity index (χ1n) is 5.55. The van der Waals surface area contributed by atoms with Crippen LogP contribution in [0.3, 0.4) is 0 Å². The van der Waals surface area contributed by atoms with E-state index in [0.29, 0.717) is 0 Å². The lowest BCUT2D eigenvalue weighted by Crippen LogP contribution is -2.34. The summed E-state index contributed by atoms with van der Waals surface area (Å²) in [5, 5.41) is 4.65. The summed E-state index contributed by atoms with van der Waals surface area (Å²) in [6.07, 6.45) is 9.04. The van der Waals surface area contributed by atoms with Gasteiger partial charge in [-0.05, 0) is 38.9 Å². The Morgan fingerprint density at radius 2 is 2.23 bits per heavy atom. The molecule has 0 radical (unpaired) electrons. The SMILES string of the molecule is CCCC(C)NC1CCC(SC)C1. The molecule has 3 unspecified atom stereocenters. The zero-order chi connectivity index (χ0) is 9.68. The summed E-state index contributed by atoms with van der Waals surface area (Å²) in [5.41, 5.74) is 0. The van der Waals surface area contributed by atoms with Gasteiger partial charge in [0.05, 0.1) is 0 Å². The highest BCUT2D eigenvalue weighted by atomic mass is 32.2. The molecule has 0 heterocycles. The van der Waals surface area contributed by atoms with Gasteiger partial charge in [-0.2, -0.15) is 11.8 Å². The van der Waals surface area contributed by atoms with E-state index in [0.717, 1.165) is 17.3 Å². The number of thioether (sulfide) groups is 1. The molecule has 2 heteroatoms. The van der Waals surface area contributed by atoms with Crippen molar-refractivity contribution in [3.63, 3.8) is 0 Å². The molecule has 78 valence electrons. The molecule has 1 nitrogen and oxygen atoms in total. The predicted octanol–water partition coefficient (Wildman–Crippen LogP) is 3.05. The van der Waals surface area contributed by atoms with Gasteiger partial charge in [-0.3, -0.25) is 0 Å². The third kappa shape index (κ3) is 3.90. The van der Waals surface area contributed by atoms with Crippen LogP contribution in [-0.4, -0.2) is 23.6 Å². The van der Waals surface area contributed by atoms with Crippen molar-refractivity contribution in [1.82, 2.24) is 5.32 Å². The first-order chi connectivity index (χ1) is 6.26. The van der Waals surface area contributed by atoms with Gasteiger partial charge in [0.25, 0.3) is 0 Å². The normalized spacial score (nSPS) is 30.7. The van der Waals surface area contributed by atoms with Gasteiger partial charge in [0.1, 0.15) is 0 Å². The number of hydrogen-bond acceptors (Lipinski definition) is 2. The van der Waals surface area contributed by atoms with E-state index in [1.54, 1.807) is 0 Å². The van der Waals surface area contributed by atoms with Crippen LogP contribution in [0, 0.1) is 0 Å². The first kappa shape index (κ1) is 11.4. The fraction of sp³-hybridized carbons (Fsp3) is 1.00. The van der Waals surface area contributed by atoms with Crippen LogP contribution >= 0.6 is 11.8 Å². The molecule has 1 fully saturated rings. The van der Waals surface area contributed by atoms with E-state index in [4.69, 9.17) is 0 Å². The summed E-state index contributed by atoms with van der Waals surface area (Å²) < 4.78 is 0. The van der Waals surface area contributed by atoms with Crippen LogP contribution in [0.25, 0.3) is 0 Å². The van der Waals surface area contributed by atoms with Crippen LogP contribution in [-0.2, 0) is 0 Å². The molecule has 1 saturated carbocycles. The Hall–Kier alpha value is 0.310. The first-order valence-corrected chi connectivity index (χ1v) is 6.83. The highest BCUT2D eigenvalue weighted by Gasteiger charge is 2.24. The van der Waals surface area contributed by atoms with E-state index < -0.39 is 0 Å². The van der Waals surface area contributed by atoms with Gasteiger partial charge in [0, 0.05) is 17.3 Å². The van der Waals surface area contributed by atoms with E-state index in [-0.39, 0.29) is 0 Å². The van der Waals surface area contributed by atoms with Crippen molar-refractivity contribution in [2.45, 2.75) is 63.3 Å². The summed E-state index contributed by atoms with van der Waals surface area (Å²) >= 11 is 2.04. The van der Waals surface area contributed by atoms with Crippen molar-refractivity contribution in [3.8, 4) is 0 Å². The Bertz CT molecular complexity index is 138. The van der Waals surface area contributed by atoms with Crippen LogP contribution in [0.5, 0.6) is 0 Å². The van der Waals surface area contributed by atoms with E-state index in [9.17, 15) is 0 Å². The summed E-state index contributed by atoms with van der Waals surface area (Å²) in [6.45, 7) is 4.58. The fourth-order valence-corrected chi connectivity index (χ4v) is 3.02. The molecule has 0 aromatic heterocycles. The molecule has 3 atom stereocenters. The molecule has 1 N–H and O–H groups in total. The highest BCUT2D eigenvalue weighted by Crippen LogP contribution is 2.28. The number of nitrogens with one attached hydrogen (secondary N) is 1. The second-order valence-electron chi connectivity index (χ2n) is 4.22. The lowest BCUT2D eigenvalue weighted by molar-refractivity contribution is 0.429. The van der Waals surface area contributed by atoms with E-state index >= 15 is 0 Å². The van der Waals surface area contributed by atoms with Gasteiger partial charge in [-0.15, -0.1) is 0 Å². The van der Waals surface area contributed by atoms with Crippen molar-refractivity contribution in [3.05, 3.63) is 0 Å². The zero-order valence-corrected chi connectivity index (χ0v) is 9.99. The number of rotatable bonds is 5. The largest absolute Gasteiger partial charge is 0.311 e. The van der Waals surface area contributed by atoms with Crippen molar-refractivity contribution in [2.75, 3.05) is 6.26 Å². The smallest absolute Gasteiger partial charge is 0.00804 e. The van der Waals surface area contributed by atoms with Crippen LogP contribution in [0.4, 0.5) is 0 Å². The maximum absolute atomic E-state index is 3.73. The predicted molar refractivity (Wildman–Crippen MR) is 62.4 cm³/mol. The van der Waals surface area contributed by atoms with Gasteiger partial charge < -0.3 is 5.32 Å². The third-order valence-corrected chi connectivity index (χ3v) is 4.05. The molecule has 0 aliphatic heterocycles. The van der Waals surface area contributed by atoms with E-state index in [1.807, 2.05) is 11.8 Å². The molecule has 13 heavy (non-hydrogen) atoms. The fourth-order valence-electron chi connectivity index (χ4n) is 2.22. The zero-order valence-electron chi connectivity index (χ0n) is 9.18. The van der Waals surface area contributed by atoms with Gasteiger partial charge in [-0.25, -0.2) is 0 Å². The van der Waals surface area contributed by atoms with E-state index in [2.05, 4.69) is 25.4 Å². The average Bonchev–Trinajstić information content (AvgIpc) is 2.52. The Balaban J connectivity index is 2.16. The average molecular weight is 201 g/mol. The molecule has 0 aromatic carbocycles. The molecule has 0 amide bonds. The molecule has 1 rings (SSSR count). The van der Waals surface area contributed by atoms with Crippen LogP contribution in [0.15, 0.2) is 0 Å². The maximum atomic E-state index is 3.73. The Labute approximate surface area is 87.1 Å². The minimum absolute atomic E-state index is 0.718. The minimum atomic E-state index is 0.718. The monoisotopic (exact) mass is 201 g/mol. The summed E-state index contributed by atoms with van der Waals surface area (Å²) in [5.74, 6) is 0. The Morgan fingerprint density at radius 3 is 2.77 bits per heavy atom. The van der Waals surface area contributed by atoms with Crippen LogP contribution in [0.1, 0.15) is 46.0 Å².